The van der Waals surface area contributed by atoms with Gasteiger partial charge in [0.1, 0.15) is 24.4 Å². The van der Waals surface area contributed by atoms with Gasteiger partial charge in [-0.3, -0.25) is 4.79 Å². The zero-order valence-electron chi connectivity index (χ0n) is 33.3. The van der Waals surface area contributed by atoms with Crippen molar-refractivity contribution >= 4 is 5.91 Å². The zero-order chi connectivity index (χ0) is 38.1. The van der Waals surface area contributed by atoms with Crippen LogP contribution in [-0.4, -0.2) is 87.5 Å². The molecule has 0 aromatic rings. The molecule has 2 unspecified atom stereocenters. The van der Waals surface area contributed by atoms with Crippen molar-refractivity contribution in [2.75, 3.05) is 13.2 Å². The number of rotatable bonds is 35. The van der Waals surface area contributed by atoms with Crippen molar-refractivity contribution in [1.29, 1.82) is 0 Å². The molecule has 0 aromatic heterocycles. The van der Waals surface area contributed by atoms with E-state index in [0.717, 1.165) is 57.8 Å². The summed E-state index contributed by atoms with van der Waals surface area (Å²) in [6.45, 7) is 3.75. The van der Waals surface area contributed by atoms with E-state index in [1.807, 2.05) is 6.08 Å². The van der Waals surface area contributed by atoms with E-state index >= 15 is 0 Å². The smallest absolute Gasteiger partial charge is 0.220 e. The number of hydrogen-bond acceptors (Lipinski definition) is 8. The zero-order valence-corrected chi connectivity index (χ0v) is 33.3. The maximum Gasteiger partial charge on any atom is 0.220 e. The molecular formula is C43H81NO8. The fourth-order valence-electron chi connectivity index (χ4n) is 6.74. The summed E-state index contributed by atoms with van der Waals surface area (Å²) < 4.78 is 11.2. The monoisotopic (exact) mass is 740 g/mol. The van der Waals surface area contributed by atoms with Crippen LogP contribution in [0.4, 0.5) is 0 Å². The number of ether oxygens (including phenoxy) is 2. The molecule has 1 rings (SSSR count). The molecule has 9 nitrogen and oxygen atoms in total. The van der Waals surface area contributed by atoms with E-state index < -0.39 is 49.5 Å². The summed E-state index contributed by atoms with van der Waals surface area (Å²) in [7, 11) is 0. The number of unbranched alkanes of at least 4 members (excludes halogenated alkanes) is 23. The van der Waals surface area contributed by atoms with E-state index in [2.05, 4.69) is 31.3 Å². The molecule has 0 aromatic carbocycles. The predicted octanol–water partition coefficient (Wildman–Crippen LogP) is 8.33. The van der Waals surface area contributed by atoms with Crippen molar-refractivity contribution in [1.82, 2.24) is 5.32 Å². The quantitative estimate of drug-likeness (QED) is 0.0281. The fraction of sp³-hybridized carbons (Fsp3) is 0.884. The first-order valence-electron chi connectivity index (χ1n) is 21.6. The number of aliphatic hydroxyl groups is 5. The Bertz CT molecular complexity index is 868. The van der Waals surface area contributed by atoms with Gasteiger partial charge in [0.2, 0.25) is 5.91 Å². The summed E-state index contributed by atoms with van der Waals surface area (Å²) in [5.41, 5.74) is 0. The maximum atomic E-state index is 12.9. The second-order valence-corrected chi connectivity index (χ2v) is 15.1. The Morgan fingerprint density at radius 3 is 1.56 bits per heavy atom. The highest BCUT2D eigenvalue weighted by atomic mass is 16.7. The summed E-state index contributed by atoms with van der Waals surface area (Å²) in [5, 5.41) is 54.1. The molecule has 9 heteroatoms. The van der Waals surface area contributed by atoms with Gasteiger partial charge < -0.3 is 40.3 Å². The predicted molar refractivity (Wildman–Crippen MR) is 212 cm³/mol. The van der Waals surface area contributed by atoms with Gasteiger partial charge in [-0.2, -0.15) is 0 Å². The number of amides is 1. The Labute approximate surface area is 318 Å². The molecule has 52 heavy (non-hydrogen) atoms. The van der Waals surface area contributed by atoms with Crippen LogP contribution >= 0.6 is 0 Å². The summed E-state index contributed by atoms with van der Waals surface area (Å²) in [6.07, 6.45) is 32.1. The average molecular weight is 740 g/mol. The highest BCUT2D eigenvalue weighted by Crippen LogP contribution is 2.22. The number of allylic oxidation sites excluding steroid dienone is 3. The molecule has 7 atom stereocenters. The Kier molecular flexibility index (Phi) is 32.0. The third-order valence-corrected chi connectivity index (χ3v) is 10.3. The minimum absolute atomic E-state index is 0.187. The first kappa shape index (κ1) is 48.7. The van der Waals surface area contributed by atoms with Crippen LogP contribution in [-0.2, 0) is 14.3 Å². The van der Waals surface area contributed by atoms with Gasteiger partial charge in [-0.15, -0.1) is 0 Å². The van der Waals surface area contributed by atoms with Crippen molar-refractivity contribution < 1.29 is 39.8 Å². The third kappa shape index (κ3) is 24.9. The molecule has 1 aliphatic heterocycles. The SMILES string of the molecule is CCCCCCC/C=C/CCCCCCCC(=O)N[C@@H](CO[C@@H]1O[C@H](CO)[C@@H](O)C(O)C1O)[C@H](O)/C=C/CCCCCCCCCCCCCCC. The van der Waals surface area contributed by atoms with E-state index in [1.165, 1.54) is 109 Å². The van der Waals surface area contributed by atoms with Gasteiger partial charge in [0.05, 0.1) is 25.4 Å². The molecule has 1 amide bonds. The molecule has 1 fully saturated rings. The second-order valence-electron chi connectivity index (χ2n) is 15.1. The molecule has 0 spiro atoms. The van der Waals surface area contributed by atoms with Crippen LogP contribution in [0.3, 0.4) is 0 Å². The van der Waals surface area contributed by atoms with Crippen LogP contribution in [0.5, 0.6) is 0 Å². The molecule has 1 saturated heterocycles. The molecule has 0 saturated carbocycles. The van der Waals surface area contributed by atoms with Crippen LogP contribution in [0, 0.1) is 0 Å². The van der Waals surface area contributed by atoms with E-state index in [1.54, 1.807) is 6.08 Å². The highest BCUT2D eigenvalue weighted by molar-refractivity contribution is 5.76. The standard InChI is InChI=1S/C43H81NO8/c1-3-5-7-9-11-13-15-17-19-20-22-24-26-28-30-32-37(46)36(35-51-43-42(50)41(49)40(48)38(34-45)52-43)44-39(47)33-31-29-27-25-23-21-18-16-14-12-10-8-6-4-2/h16,18,30,32,36-38,40-43,45-46,48-50H,3-15,17,19-29,31,33-35H2,1-2H3,(H,44,47)/b18-16+,32-30+/t36-,37+,38+,40+,41?,42?,43+/m0/s1. The molecule has 6 N–H and O–H groups in total. The van der Waals surface area contributed by atoms with Gasteiger partial charge in [-0.1, -0.05) is 160 Å². The lowest BCUT2D eigenvalue weighted by Gasteiger charge is -2.40. The lowest BCUT2D eigenvalue weighted by atomic mass is 9.99. The van der Waals surface area contributed by atoms with Gasteiger partial charge in [0, 0.05) is 6.42 Å². The number of aliphatic hydroxyl groups excluding tert-OH is 5. The van der Waals surface area contributed by atoms with E-state index in [4.69, 9.17) is 9.47 Å². The van der Waals surface area contributed by atoms with Gasteiger partial charge >= 0.3 is 0 Å². The molecule has 1 aliphatic rings. The lowest BCUT2D eigenvalue weighted by Crippen LogP contribution is -2.60. The molecule has 0 bridgehead atoms. The molecule has 1 heterocycles. The van der Waals surface area contributed by atoms with Crippen molar-refractivity contribution in [2.45, 2.75) is 230 Å². The molecule has 0 radical (unpaired) electrons. The third-order valence-electron chi connectivity index (χ3n) is 10.3. The van der Waals surface area contributed by atoms with Crippen molar-refractivity contribution in [2.24, 2.45) is 0 Å². The van der Waals surface area contributed by atoms with Crippen LogP contribution in [0.2, 0.25) is 0 Å². The number of carbonyl (C=O) groups is 1. The van der Waals surface area contributed by atoms with E-state index in [9.17, 15) is 30.3 Å². The second kappa shape index (κ2) is 34.2. The van der Waals surface area contributed by atoms with Gasteiger partial charge in [0.15, 0.2) is 6.29 Å². The van der Waals surface area contributed by atoms with Crippen LogP contribution in [0.25, 0.3) is 0 Å². The Balaban J connectivity index is 2.41. The van der Waals surface area contributed by atoms with Crippen LogP contribution in [0.15, 0.2) is 24.3 Å². The van der Waals surface area contributed by atoms with Gasteiger partial charge in [-0.05, 0) is 44.9 Å². The minimum Gasteiger partial charge on any atom is -0.394 e. The Morgan fingerprint density at radius 2 is 1.08 bits per heavy atom. The fourth-order valence-corrected chi connectivity index (χ4v) is 6.74. The van der Waals surface area contributed by atoms with Crippen LogP contribution in [0.1, 0.15) is 187 Å². The van der Waals surface area contributed by atoms with Crippen LogP contribution < -0.4 is 5.32 Å². The van der Waals surface area contributed by atoms with Crippen molar-refractivity contribution in [3.63, 3.8) is 0 Å². The largest absolute Gasteiger partial charge is 0.394 e. The summed E-state index contributed by atoms with van der Waals surface area (Å²) in [5.74, 6) is -0.187. The lowest BCUT2D eigenvalue weighted by molar-refractivity contribution is -0.302. The normalized spacial score (nSPS) is 22.0. The number of carbonyl (C=O) groups excluding carboxylic acids is 1. The first-order chi connectivity index (χ1) is 25.3. The Hall–Kier alpha value is -1.33. The summed E-state index contributed by atoms with van der Waals surface area (Å²) >= 11 is 0. The number of nitrogens with one attached hydrogen (secondary N) is 1. The van der Waals surface area contributed by atoms with Crippen molar-refractivity contribution in [3.05, 3.63) is 24.3 Å². The summed E-state index contributed by atoms with van der Waals surface area (Å²) in [4.78, 5) is 12.9. The molecular weight excluding hydrogens is 658 g/mol. The molecule has 0 aliphatic carbocycles. The topological polar surface area (TPSA) is 149 Å². The minimum atomic E-state index is -1.56. The van der Waals surface area contributed by atoms with Crippen molar-refractivity contribution in [3.8, 4) is 0 Å². The average Bonchev–Trinajstić information content (AvgIpc) is 3.14. The summed E-state index contributed by atoms with van der Waals surface area (Å²) in [6, 6.07) is -0.804. The molecule has 306 valence electrons. The first-order valence-corrected chi connectivity index (χ1v) is 21.6. The Morgan fingerprint density at radius 1 is 0.635 bits per heavy atom. The van der Waals surface area contributed by atoms with E-state index in [0.29, 0.717) is 6.42 Å². The maximum absolute atomic E-state index is 12.9. The van der Waals surface area contributed by atoms with Gasteiger partial charge in [0.25, 0.3) is 0 Å². The van der Waals surface area contributed by atoms with E-state index in [-0.39, 0.29) is 12.5 Å². The highest BCUT2D eigenvalue weighted by Gasteiger charge is 2.44. The van der Waals surface area contributed by atoms with Gasteiger partial charge in [-0.25, -0.2) is 0 Å². The number of hydrogen-bond donors (Lipinski definition) is 6.